The summed E-state index contributed by atoms with van der Waals surface area (Å²) in [6.07, 6.45) is -13.8. The Hall–Kier alpha value is -0.440. The summed E-state index contributed by atoms with van der Waals surface area (Å²) >= 11 is 0. The summed E-state index contributed by atoms with van der Waals surface area (Å²) in [7, 11) is 0. The van der Waals surface area contributed by atoms with Crippen molar-refractivity contribution in [2.75, 3.05) is 13.2 Å². The van der Waals surface area contributed by atoms with Crippen LogP contribution in [0.2, 0.25) is 0 Å². The molecule has 0 radical (unpaired) electrons. The van der Waals surface area contributed by atoms with Gasteiger partial charge in [0.1, 0.15) is 48.8 Å². The van der Waals surface area contributed by atoms with Gasteiger partial charge in [0, 0.05) is 0 Å². The lowest BCUT2D eigenvalue weighted by Crippen LogP contribution is -2.63. The summed E-state index contributed by atoms with van der Waals surface area (Å²) in [6, 6.07) is 0. The van der Waals surface area contributed by atoms with Crippen molar-refractivity contribution in [3.05, 3.63) is 0 Å². The maximum absolute atomic E-state index is 7.29. The second kappa shape index (κ2) is 7.63. The molecule has 0 aromatic heterocycles. The molecule has 11 heteroatoms. The molecule has 2 rings (SSSR count). The maximum Gasteiger partial charge on any atom is 0.211 e. The molecule has 8 N–H and O–H groups in total. The molecular formula is C12H22O11. The average Bonchev–Trinajstić information content (AvgIpc) is 2.78. The van der Waals surface area contributed by atoms with Crippen LogP contribution in [0.4, 0.5) is 0 Å². The minimum Gasteiger partial charge on any atom is -0.394 e. The van der Waals surface area contributed by atoms with Gasteiger partial charge >= 0.3 is 0 Å². The summed E-state index contributed by atoms with van der Waals surface area (Å²) in [5, 5.41) is 35.6. The monoisotopic (exact) mass is 350 g/mol. The van der Waals surface area contributed by atoms with Gasteiger partial charge in [-0.15, -0.1) is 0 Å². The number of rotatable bonds is 12. The molecule has 0 spiro atoms. The Kier molecular flexibility index (Phi) is 3.49. The lowest BCUT2D eigenvalue weighted by Gasteiger charge is -2.44. The van der Waals surface area contributed by atoms with E-state index in [0.29, 0.717) is 0 Å². The van der Waals surface area contributed by atoms with E-state index in [9.17, 15) is 0 Å². The number of hydrogen-bond acceptors (Lipinski definition) is 11. The molecule has 23 heavy (non-hydrogen) atoms. The summed E-state index contributed by atoms with van der Waals surface area (Å²) in [5.41, 5.74) is 0. The van der Waals surface area contributed by atoms with Crippen molar-refractivity contribution in [1.82, 2.24) is 0 Å². The topological polar surface area (TPSA) is 190 Å². The fraction of sp³-hybridized carbons (Fsp3) is 1.00. The SMILES string of the molecule is [2H]OC[C@H]1O[C@H](O[C@H]2O[C@H](CO[2H])[C@@H](O[2H])[C@H](O[2H])[C@H]2O[2H])[C@H](O[2H])[C@@H](O[2H])[C@@H]1O[2H]. The van der Waals surface area contributed by atoms with E-state index >= 15 is 0 Å². The zero-order valence-electron chi connectivity index (χ0n) is 19.7. The Morgan fingerprint density at radius 1 is 0.652 bits per heavy atom. The summed E-state index contributed by atoms with van der Waals surface area (Å²) < 4.78 is 73.9. The molecule has 0 saturated carbocycles. The molecule has 2 saturated heterocycles. The van der Waals surface area contributed by atoms with Crippen LogP contribution in [-0.2, 0) is 14.2 Å². The van der Waals surface area contributed by atoms with Gasteiger partial charge in [0.25, 0.3) is 0 Å². The number of hydrogen-bond donors (Lipinski definition) is 8. The normalized spacial score (nSPS) is 56.2. The van der Waals surface area contributed by atoms with Crippen LogP contribution >= 0.6 is 0 Å². The molecule has 2 heterocycles. The largest absolute Gasteiger partial charge is 0.394 e. The van der Waals surface area contributed by atoms with E-state index in [2.05, 4.69) is 40.9 Å². The first-order valence-electron chi connectivity index (χ1n) is 10.2. The smallest absolute Gasteiger partial charge is 0.211 e. The van der Waals surface area contributed by atoms with Gasteiger partial charge in [-0.3, -0.25) is 0 Å². The van der Waals surface area contributed by atoms with Crippen LogP contribution in [0.1, 0.15) is 0 Å². The van der Waals surface area contributed by atoms with Crippen LogP contribution in [0, 0.1) is 0 Å². The lowest BCUT2D eigenvalue weighted by atomic mass is 9.98. The van der Waals surface area contributed by atoms with E-state index in [1.807, 2.05) is 0 Å². The Balaban J connectivity index is 2.28. The molecule has 11 nitrogen and oxygen atoms in total. The molecule has 0 amide bonds. The third kappa shape index (κ3) is 3.65. The van der Waals surface area contributed by atoms with E-state index in [4.69, 9.17) is 25.7 Å². The second-order valence-electron chi connectivity index (χ2n) is 5.34. The van der Waals surface area contributed by atoms with Crippen LogP contribution in [0.25, 0.3) is 0 Å². The predicted molar refractivity (Wildman–Crippen MR) is 68.6 cm³/mol. The zero-order chi connectivity index (χ0) is 23.0. The fourth-order valence-corrected chi connectivity index (χ4v) is 2.38. The van der Waals surface area contributed by atoms with Gasteiger partial charge in [-0.1, -0.05) is 0 Å². The van der Waals surface area contributed by atoms with E-state index < -0.39 is 74.6 Å². The van der Waals surface area contributed by atoms with Crippen LogP contribution < -0.4 is 0 Å². The molecule has 0 aliphatic carbocycles. The molecular weight excluding hydrogens is 320 g/mol. The molecule has 0 unspecified atom stereocenters. The van der Waals surface area contributed by atoms with Gasteiger partial charge in [-0.25, -0.2) is 0 Å². The highest BCUT2D eigenvalue weighted by atomic mass is 16.8. The minimum absolute atomic E-state index is 0.430. The Morgan fingerprint density at radius 2 is 1.09 bits per heavy atom. The summed E-state index contributed by atoms with van der Waals surface area (Å²) in [4.78, 5) is 0. The number of ether oxygens (including phenoxy) is 3. The van der Waals surface area contributed by atoms with Gasteiger partial charge in [-0.2, -0.15) is 0 Å². The van der Waals surface area contributed by atoms with Gasteiger partial charge in [0.05, 0.1) is 13.2 Å². The van der Waals surface area contributed by atoms with Gasteiger partial charge in [0.2, 0.25) is 11.4 Å². The molecule has 10 atom stereocenters. The first-order chi connectivity index (χ1) is 15.0. The van der Waals surface area contributed by atoms with Crippen LogP contribution in [-0.4, -0.2) is 127 Å². The second-order valence-corrected chi connectivity index (χ2v) is 5.34. The summed E-state index contributed by atoms with van der Waals surface area (Å²) in [5.74, 6) is 0. The number of aliphatic hydroxyl groups is 8. The van der Waals surface area contributed by atoms with Crippen molar-refractivity contribution in [3.63, 3.8) is 0 Å². The van der Waals surface area contributed by atoms with Gasteiger partial charge in [-0.05, 0) is 0 Å². The van der Waals surface area contributed by atoms with Crippen molar-refractivity contribution < 1.29 is 55.1 Å². The Morgan fingerprint density at radius 3 is 1.43 bits per heavy atom. The van der Waals surface area contributed by atoms with Crippen LogP contribution in [0.5, 0.6) is 0 Å². The van der Waals surface area contributed by atoms with Crippen molar-refractivity contribution >= 4 is 0 Å². The first kappa shape index (κ1) is 10.5. The van der Waals surface area contributed by atoms with Crippen molar-refractivity contribution in [2.24, 2.45) is 0 Å². The molecule has 136 valence electrons. The molecule has 2 aliphatic rings. The van der Waals surface area contributed by atoms with Crippen LogP contribution in [0.15, 0.2) is 0 Å². The van der Waals surface area contributed by atoms with Gasteiger partial charge in [0.15, 0.2) is 12.6 Å². The molecule has 0 aromatic carbocycles. The van der Waals surface area contributed by atoms with E-state index in [1.54, 1.807) is 0 Å². The molecule has 0 bridgehead atoms. The highest BCUT2D eigenvalue weighted by molar-refractivity contribution is 4.92. The molecule has 0 aromatic rings. The van der Waals surface area contributed by atoms with Crippen LogP contribution in [0.3, 0.4) is 0 Å². The third-order valence-corrected chi connectivity index (χ3v) is 3.78. The third-order valence-electron chi connectivity index (χ3n) is 3.78. The van der Waals surface area contributed by atoms with E-state index in [0.717, 1.165) is 0 Å². The highest BCUT2D eigenvalue weighted by Gasteiger charge is 2.49. The van der Waals surface area contributed by atoms with Crippen molar-refractivity contribution in [1.29, 1.82) is 11.4 Å². The zero-order valence-corrected chi connectivity index (χ0v) is 11.7. The van der Waals surface area contributed by atoms with E-state index in [-0.39, 0.29) is 0 Å². The van der Waals surface area contributed by atoms with Crippen molar-refractivity contribution in [2.45, 2.75) is 61.4 Å². The quantitative estimate of drug-likeness (QED) is 0.168. The maximum atomic E-state index is 7.29. The predicted octanol–water partition coefficient (Wildman–Crippen LogP) is -5.40. The summed E-state index contributed by atoms with van der Waals surface area (Å²) in [6.45, 7) is -0.860. The number of aliphatic hydroxyl groups excluding tert-OH is 8. The Labute approximate surface area is 142 Å². The van der Waals surface area contributed by atoms with Gasteiger partial charge < -0.3 is 55.1 Å². The molecule has 2 aliphatic heterocycles. The average molecular weight is 350 g/mol. The highest BCUT2D eigenvalue weighted by Crippen LogP contribution is 2.27. The Bertz CT molecular complexity index is 473. The first-order valence-corrected chi connectivity index (χ1v) is 6.89. The van der Waals surface area contributed by atoms with E-state index in [1.165, 1.54) is 0 Å². The lowest BCUT2D eigenvalue weighted by molar-refractivity contribution is -0.376. The molecule has 2 fully saturated rings. The standard InChI is InChI=1S/C12H22O11/c13-1-3-5(15)7(17)9(19)11(21-3)23-12-10(20)8(18)6(16)4(2-14)22-12/h3-20H,1-2H2/t3-,4-,5-,6-,7+,8+,9-,10-,11-,12-/m1/s1/i13D,14D,15D,16D,17D,18D,19D,20D. The fourth-order valence-electron chi connectivity index (χ4n) is 2.38. The van der Waals surface area contributed by atoms with Crippen molar-refractivity contribution in [3.8, 4) is 0 Å². The minimum atomic E-state index is -1.56.